The monoisotopic (exact) mass is 418 g/mol. The molecule has 0 radical (unpaired) electrons. The highest BCUT2D eigenvalue weighted by atomic mass is 79.9. The normalized spacial score (nSPS) is 20.8. The van der Waals surface area contributed by atoms with Crippen molar-refractivity contribution in [2.45, 2.75) is 69.5 Å². The van der Waals surface area contributed by atoms with Crippen LogP contribution in [0, 0.1) is 0 Å². The Morgan fingerprint density at radius 1 is 1.25 bits per heavy atom. The van der Waals surface area contributed by atoms with Crippen LogP contribution in [0.2, 0.25) is 0 Å². The van der Waals surface area contributed by atoms with Crippen LogP contribution in [0.25, 0.3) is 0 Å². The van der Waals surface area contributed by atoms with Crippen molar-refractivity contribution in [3.05, 3.63) is 22.7 Å². The first-order valence-corrected chi connectivity index (χ1v) is 10.5. The summed E-state index contributed by atoms with van der Waals surface area (Å²) in [5.74, 6) is 0.367. The van der Waals surface area contributed by atoms with Crippen LogP contribution in [0.4, 0.5) is 0 Å². The summed E-state index contributed by atoms with van der Waals surface area (Å²) in [4.78, 5) is 0.182. The van der Waals surface area contributed by atoms with E-state index in [9.17, 15) is 8.42 Å². The molecule has 0 bridgehead atoms. The van der Waals surface area contributed by atoms with Crippen LogP contribution in [0.1, 0.15) is 47.5 Å². The Hall–Kier alpha value is -0.630. The number of halogens is 1. The van der Waals surface area contributed by atoms with E-state index in [1.165, 1.54) is 0 Å². The summed E-state index contributed by atoms with van der Waals surface area (Å²) in [5.41, 5.74) is -0.255. The summed E-state index contributed by atoms with van der Waals surface area (Å²) < 4.78 is 35.0. The van der Waals surface area contributed by atoms with Gasteiger partial charge in [-0.2, -0.15) is 0 Å². The highest BCUT2D eigenvalue weighted by Crippen LogP contribution is 2.32. The first-order valence-electron chi connectivity index (χ1n) is 8.18. The molecule has 0 unspecified atom stereocenters. The highest BCUT2D eigenvalue weighted by molar-refractivity contribution is 9.10. The molecule has 0 amide bonds. The smallest absolute Gasteiger partial charge is 0.244 e. The van der Waals surface area contributed by atoms with E-state index in [1.54, 1.807) is 18.2 Å². The van der Waals surface area contributed by atoms with Crippen LogP contribution in [0.15, 0.2) is 27.6 Å². The zero-order chi connectivity index (χ0) is 18.2. The Morgan fingerprint density at radius 2 is 1.83 bits per heavy atom. The Labute approximate surface area is 153 Å². The van der Waals surface area contributed by atoms with E-state index in [1.807, 2.05) is 6.92 Å². The van der Waals surface area contributed by atoms with Gasteiger partial charge in [0.2, 0.25) is 10.0 Å². The summed E-state index contributed by atoms with van der Waals surface area (Å²) in [6, 6.07) is 4.86. The van der Waals surface area contributed by atoms with E-state index < -0.39 is 10.0 Å². The molecule has 1 aromatic rings. The molecule has 2 N–H and O–H groups in total. The van der Waals surface area contributed by atoms with Gasteiger partial charge in [0.25, 0.3) is 0 Å². The van der Waals surface area contributed by atoms with Crippen molar-refractivity contribution in [3.8, 4) is 5.75 Å². The quantitative estimate of drug-likeness (QED) is 0.768. The molecule has 7 heteroatoms. The topological polar surface area (TPSA) is 67.4 Å². The lowest BCUT2D eigenvalue weighted by molar-refractivity contribution is 0.157. The third-order valence-corrected chi connectivity index (χ3v) is 6.06. The SMILES string of the molecule is CCOc1cc(Br)ccc1S(=O)(=O)NC1CC(C)(C)NC(C)(C)C1. The van der Waals surface area contributed by atoms with Crippen LogP contribution >= 0.6 is 15.9 Å². The van der Waals surface area contributed by atoms with Gasteiger partial charge in [0, 0.05) is 21.6 Å². The van der Waals surface area contributed by atoms with E-state index in [0.29, 0.717) is 12.4 Å². The molecule has 5 nitrogen and oxygen atoms in total. The van der Waals surface area contributed by atoms with Crippen molar-refractivity contribution in [3.63, 3.8) is 0 Å². The maximum atomic E-state index is 12.9. The summed E-state index contributed by atoms with van der Waals surface area (Å²) in [6.45, 7) is 10.6. The van der Waals surface area contributed by atoms with Gasteiger partial charge in [-0.3, -0.25) is 0 Å². The molecule has 0 saturated carbocycles. The molecule has 0 aromatic heterocycles. The van der Waals surface area contributed by atoms with E-state index in [2.05, 4.69) is 53.7 Å². The average Bonchev–Trinajstić information content (AvgIpc) is 2.33. The second-order valence-electron chi connectivity index (χ2n) is 7.64. The fraction of sp³-hybridized carbons (Fsp3) is 0.647. The van der Waals surface area contributed by atoms with E-state index in [4.69, 9.17) is 4.74 Å². The highest BCUT2D eigenvalue weighted by Gasteiger charge is 2.39. The van der Waals surface area contributed by atoms with Crippen LogP contribution < -0.4 is 14.8 Å². The molecule has 1 fully saturated rings. The Balaban J connectivity index is 2.29. The first kappa shape index (κ1) is 19.7. The number of benzene rings is 1. The summed E-state index contributed by atoms with van der Waals surface area (Å²) in [6.07, 6.45) is 1.46. The van der Waals surface area contributed by atoms with Crippen LogP contribution in [0.5, 0.6) is 5.75 Å². The second kappa shape index (κ2) is 6.94. The molecular formula is C17H27BrN2O3S. The van der Waals surface area contributed by atoms with Gasteiger partial charge in [-0.25, -0.2) is 13.1 Å². The van der Waals surface area contributed by atoms with Gasteiger partial charge in [0.15, 0.2) is 0 Å². The lowest BCUT2D eigenvalue weighted by Crippen LogP contribution is -2.62. The Kier molecular flexibility index (Phi) is 5.69. The third kappa shape index (κ3) is 4.94. The van der Waals surface area contributed by atoms with Gasteiger partial charge in [-0.1, -0.05) is 15.9 Å². The molecule has 0 atom stereocenters. The molecule has 1 heterocycles. The molecular weight excluding hydrogens is 392 g/mol. The van der Waals surface area contributed by atoms with Crippen molar-refractivity contribution >= 4 is 26.0 Å². The lowest BCUT2D eigenvalue weighted by Gasteiger charge is -2.46. The van der Waals surface area contributed by atoms with Crippen LogP contribution in [-0.2, 0) is 10.0 Å². The molecule has 1 aromatic carbocycles. The molecule has 24 heavy (non-hydrogen) atoms. The standard InChI is InChI=1S/C17H27BrN2O3S/c1-6-23-14-9-12(18)7-8-15(14)24(21,22)19-13-10-16(2,3)20-17(4,5)11-13/h7-9,13,19-20H,6,10-11H2,1-5H3. The molecule has 136 valence electrons. The number of piperidine rings is 1. The zero-order valence-electron chi connectivity index (χ0n) is 14.9. The van der Waals surface area contributed by atoms with Gasteiger partial charge in [0.1, 0.15) is 10.6 Å². The van der Waals surface area contributed by atoms with Gasteiger partial charge >= 0.3 is 0 Å². The van der Waals surface area contributed by atoms with Gasteiger partial charge < -0.3 is 10.1 Å². The maximum absolute atomic E-state index is 12.9. The van der Waals surface area contributed by atoms with Crippen LogP contribution in [-0.4, -0.2) is 32.1 Å². The Morgan fingerprint density at radius 3 is 2.38 bits per heavy atom. The number of hydrogen-bond donors (Lipinski definition) is 2. The number of ether oxygens (including phenoxy) is 1. The van der Waals surface area contributed by atoms with Gasteiger partial charge in [0.05, 0.1) is 6.61 Å². The van der Waals surface area contributed by atoms with Crippen molar-refractivity contribution in [2.75, 3.05) is 6.61 Å². The number of sulfonamides is 1. The minimum absolute atomic E-state index is 0.126. The minimum atomic E-state index is -3.65. The van der Waals surface area contributed by atoms with E-state index in [0.717, 1.165) is 17.3 Å². The van der Waals surface area contributed by atoms with Crippen molar-refractivity contribution in [1.29, 1.82) is 0 Å². The third-order valence-electron chi connectivity index (χ3n) is 4.01. The summed E-state index contributed by atoms with van der Waals surface area (Å²) in [5, 5.41) is 3.56. The second-order valence-corrected chi connectivity index (χ2v) is 10.2. The van der Waals surface area contributed by atoms with Gasteiger partial charge in [-0.15, -0.1) is 0 Å². The largest absolute Gasteiger partial charge is 0.492 e. The molecule has 2 rings (SSSR count). The van der Waals surface area contributed by atoms with Crippen molar-refractivity contribution in [2.24, 2.45) is 0 Å². The van der Waals surface area contributed by atoms with E-state index in [-0.39, 0.29) is 22.0 Å². The van der Waals surface area contributed by atoms with Gasteiger partial charge in [-0.05, 0) is 65.7 Å². The molecule has 0 spiro atoms. The fourth-order valence-corrected chi connectivity index (χ4v) is 5.36. The predicted octanol–water partition coefficient (Wildman–Crippen LogP) is 3.44. The van der Waals surface area contributed by atoms with Crippen LogP contribution in [0.3, 0.4) is 0 Å². The molecule has 0 aliphatic carbocycles. The molecule has 1 aliphatic rings. The van der Waals surface area contributed by atoms with E-state index >= 15 is 0 Å². The first-order chi connectivity index (χ1) is 10.9. The maximum Gasteiger partial charge on any atom is 0.244 e. The van der Waals surface area contributed by atoms with Crippen molar-refractivity contribution in [1.82, 2.24) is 10.0 Å². The molecule has 1 saturated heterocycles. The number of rotatable bonds is 5. The lowest BCUT2D eigenvalue weighted by atomic mass is 9.80. The number of hydrogen-bond acceptors (Lipinski definition) is 4. The predicted molar refractivity (Wildman–Crippen MR) is 99.9 cm³/mol. The zero-order valence-corrected chi connectivity index (χ0v) is 17.3. The Bertz CT molecular complexity index is 686. The minimum Gasteiger partial charge on any atom is -0.492 e. The average molecular weight is 419 g/mol. The molecule has 1 aliphatic heterocycles. The summed E-state index contributed by atoms with van der Waals surface area (Å²) >= 11 is 3.36. The van der Waals surface area contributed by atoms with Crippen molar-refractivity contribution < 1.29 is 13.2 Å². The fourth-order valence-electron chi connectivity index (χ4n) is 3.66. The summed E-state index contributed by atoms with van der Waals surface area (Å²) in [7, 11) is -3.65. The number of nitrogens with one attached hydrogen (secondary N) is 2.